The van der Waals surface area contributed by atoms with Crippen LogP contribution in [-0.4, -0.2) is 19.0 Å². The van der Waals surface area contributed by atoms with E-state index in [0.717, 1.165) is 0 Å². The summed E-state index contributed by atoms with van der Waals surface area (Å²) in [5.41, 5.74) is -0.258. The SMILES string of the molecule is CC(C)(C)C=NOCC(F)(F)F. The van der Waals surface area contributed by atoms with Crippen LogP contribution in [0.25, 0.3) is 0 Å². The fourth-order valence-electron chi connectivity index (χ4n) is 0.306. The third-order valence-electron chi connectivity index (χ3n) is 0.743. The van der Waals surface area contributed by atoms with Gasteiger partial charge in [-0.2, -0.15) is 13.2 Å². The Labute approximate surface area is 69.4 Å². The predicted octanol–water partition coefficient (Wildman–Crippen LogP) is 2.60. The van der Waals surface area contributed by atoms with E-state index in [9.17, 15) is 13.2 Å². The van der Waals surface area contributed by atoms with Gasteiger partial charge in [0.05, 0.1) is 0 Å². The fourth-order valence-corrected chi connectivity index (χ4v) is 0.306. The minimum absolute atomic E-state index is 0.258. The maximum absolute atomic E-state index is 11.5. The lowest BCUT2D eigenvalue weighted by molar-refractivity contribution is -0.173. The topological polar surface area (TPSA) is 21.6 Å². The van der Waals surface area contributed by atoms with Gasteiger partial charge < -0.3 is 4.84 Å². The molecule has 0 atom stereocenters. The van der Waals surface area contributed by atoms with Crippen LogP contribution in [0, 0.1) is 5.41 Å². The summed E-state index contributed by atoms with van der Waals surface area (Å²) in [5, 5.41) is 3.18. The number of rotatable bonds is 2. The smallest absolute Gasteiger partial charge is 0.386 e. The lowest BCUT2D eigenvalue weighted by atomic mass is 10.00. The first kappa shape index (κ1) is 11.3. The van der Waals surface area contributed by atoms with Crippen LogP contribution in [0.5, 0.6) is 0 Å². The summed E-state index contributed by atoms with van der Waals surface area (Å²) < 4.78 is 34.4. The minimum Gasteiger partial charge on any atom is -0.386 e. The van der Waals surface area contributed by atoms with Crippen LogP contribution < -0.4 is 0 Å². The molecule has 72 valence electrons. The van der Waals surface area contributed by atoms with Crippen molar-refractivity contribution in [2.45, 2.75) is 26.9 Å². The number of alkyl halides is 3. The molecule has 0 unspecified atom stereocenters. The van der Waals surface area contributed by atoms with E-state index < -0.39 is 12.8 Å². The molecule has 0 aromatic heterocycles. The standard InChI is InChI=1S/C7H12F3NO/c1-6(2,3)4-11-12-5-7(8,9)10/h4H,5H2,1-3H3. The molecule has 0 aliphatic rings. The maximum Gasteiger partial charge on any atom is 0.425 e. The Hall–Kier alpha value is -0.740. The van der Waals surface area contributed by atoms with Crippen LogP contribution in [0.2, 0.25) is 0 Å². The van der Waals surface area contributed by atoms with Crippen molar-refractivity contribution in [1.29, 1.82) is 0 Å². The molecule has 0 bridgehead atoms. The van der Waals surface area contributed by atoms with E-state index in [4.69, 9.17) is 0 Å². The summed E-state index contributed by atoms with van der Waals surface area (Å²) in [6.07, 6.45) is -2.98. The molecule has 0 radical (unpaired) electrons. The molecule has 0 saturated carbocycles. The Kier molecular flexibility index (Phi) is 3.55. The number of halogens is 3. The zero-order valence-corrected chi connectivity index (χ0v) is 7.27. The van der Waals surface area contributed by atoms with Crippen molar-refractivity contribution in [3.63, 3.8) is 0 Å². The number of oxime groups is 1. The normalized spacial score (nSPS) is 13.8. The molecule has 0 rings (SSSR count). The van der Waals surface area contributed by atoms with Crippen molar-refractivity contribution in [2.75, 3.05) is 6.61 Å². The quantitative estimate of drug-likeness (QED) is 0.476. The molecule has 0 aliphatic carbocycles. The van der Waals surface area contributed by atoms with Crippen molar-refractivity contribution in [3.05, 3.63) is 0 Å². The lowest BCUT2D eigenvalue weighted by Crippen LogP contribution is -2.15. The van der Waals surface area contributed by atoms with Crippen LogP contribution >= 0.6 is 0 Å². The van der Waals surface area contributed by atoms with E-state index in [0.29, 0.717) is 0 Å². The molecule has 0 fully saturated rings. The van der Waals surface area contributed by atoms with Gasteiger partial charge in [0.1, 0.15) is 0 Å². The number of nitrogens with zero attached hydrogens (tertiary/aromatic N) is 1. The zero-order valence-electron chi connectivity index (χ0n) is 7.27. The third kappa shape index (κ3) is 9.26. The summed E-state index contributed by atoms with van der Waals surface area (Å²) in [6.45, 7) is 4.11. The zero-order chi connectivity index (χ0) is 9.83. The lowest BCUT2D eigenvalue weighted by Gasteiger charge is -2.09. The first-order valence-corrected chi connectivity index (χ1v) is 3.44. The van der Waals surface area contributed by atoms with E-state index in [2.05, 4.69) is 9.99 Å². The Morgan fingerprint density at radius 2 is 1.75 bits per heavy atom. The second kappa shape index (κ2) is 3.78. The highest BCUT2D eigenvalue weighted by atomic mass is 19.4. The molecule has 0 aromatic rings. The van der Waals surface area contributed by atoms with Crippen molar-refractivity contribution >= 4 is 6.21 Å². The third-order valence-corrected chi connectivity index (χ3v) is 0.743. The number of hydrogen-bond donors (Lipinski definition) is 0. The van der Waals surface area contributed by atoms with Gasteiger partial charge >= 0.3 is 6.18 Å². The van der Waals surface area contributed by atoms with Crippen molar-refractivity contribution in [3.8, 4) is 0 Å². The highest BCUT2D eigenvalue weighted by Gasteiger charge is 2.28. The summed E-state index contributed by atoms with van der Waals surface area (Å²) in [7, 11) is 0. The van der Waals surface area contributed by atoms with E-state index in [1.807, 2.05) is 20.8 Å². The van der Waals surface area contributed by atoms with Gasteiger partial charge in [0.15, 0.2) is 0 Å². The molecule has 12 heavy (non-hydrogen) atoms. The van der Waals surface area contributed by atoms with Crippen molar-refractivity contribution in [2.24, 2.45) is 10.6 Å². The van der Waals surface area contributed by atoms with Gasteiger partial charge in [0.2, 0.25) is 6.61 Å². The Morgan fingerprint density at radius 1 is 1.25 bits per heavy atom. The van der Waals surface area contributed by atoms with Gasteiger partial charge in [0, 0.05) is 11.6 Å². The van der Waals surface area contributed by atoms with E-state index >= 15 is 0 Å². The van der Waals surface area contributed by atoms with Crippen molar-refractivity contribution < 1.29 is 18.0 Å². The predicted molar refractivity (Wildman–Crippen MR) is 40.0 cm³/mol. The van der Waals surface area contributed by atoms with Crippen LogP contribution in [0.4, 0.5) is 13.2 Å². The van der Waals surface area contributed by atoms with Crippen LogP contribution in [0.15, 0.2) is 5.16 Å². The molecule has 5 heteroatoms. The minimum atomic E-state index is -4.31. The molecular weight excluding hydrogens is 171 g/mol. The Balaban J connectivity index is 3.64. The van der Waals surface area contributed by atoms with Crippen LogP contribution in [0.3, 0.4) is 0 Å². The average Bonchev–Trinajstić information content (AvgIpc) is 1.76. The molecule has 0 spiro atoms. The average molecular weight is 183 g/mol. The summed E-state index contributed by atoms with van der Waals surface area (Å²) in [6, 6.07) is 0. The van der Waals surface area contributed by atoms with Gasteiger partial charge in [-0.05, 0) is 0 Å². The molecule has 0 amide bonds. The van der Waals surface area contributed by atoms with E-state index in [1.165, 1.54) is 6.21 Å². The summed E-state index contributed by atoms with van der Waals surface area (Å²) >= 11 is 0. The summed E-state index contributed by atoms with van der Waals surface area (Å²) in [5.74, 6) is 0. The Morgan fingerprint density at radius 3 is 2.08 bits per heavy atom. The second-order valence-electron chi connectivity index (χ2n) is 3.49. The second-order valence-corrected chi connectivity index (χ2v) is 3.49. The first-order valence-electron chi connectivity index (χ1n) is 3.44. The van der Waals surface area contributed by atoms with Crippen LogP contribution in [-0.2, 0) is 4.84 Å². The van der Waals surface area contributed by atoms with E-state index in [-0.39, 0.29) is 5.41 Å². The summed E-state index contributed by atoms with van der Waals surface area (Å²) in [4.78, 5) is 4.02. The highest BCUT2D eigenvalue weighted by molar-refractivity contribution is 5.63. The molecule has 0 aliphatic heterocycles. The fraction of sp³-hybridized carbons (Fsp3) is 0.857. The maximum atomic E-state index is 11.5. The molecule has 0 N–H and O–H groups in total. The van der Waals surface area contributed by atoms with Gasteiger partial charge in [-0.3, -0.25) is 0 Å². The molecule has 0 heterocycles. The molecule has 0 saturated heterocycles. The molecule has 2 nitrogen and oxygen atoms in total. The van der Waals surface area contributed by atoms with E-state index in [1.54, 1.807) is 0 Å². The number of hydrogen-bond acceptors (Lipinski definition) is 2. The molecular formula is C7H12F3NO. The van der Waals surface area contributed by atoms with Gasteiger partial charge in [-0.25, -0.2) is 0 Å². The Bertz CT molecular complexity index is 157. The largest absolute Gasteiger partial charge is 0.425 e. The first-order chi connectivity index (χ1) is 5.21. The monoisotopic (exact) mass is 183 g/mol. The highest BCUT2D eigenvalue weighted by Crippen LogP contribution is 2.15. The van der Waals surface area contributed by atoms with Gasteiger partial charge in [-0.1, -0.05) is 25.9 Å². The van der Waals surface area contributed by atoms with Crippen molar-refractivity contribution in [1.82, 2.24) is 0 Å². The van der Waals surface area contributed by atoms with Gasteiger partial charge in [-0.15, -0.1) is 0 Å². The van der Waals surface area contributed by atoms with Crippen LogP contribution in [0.1, 0.15) is 20.8 Å². The van der Waals surface area contributed by atoms with Gasteiger partial charge in [0.25, 0.3) is 0 Å². The molecule has 0 aromatic carbocycles.